The Hall–Kier alpha value is -1.57. The van der Waals surface area contributed by atoms with Crippen LogP contribution in [0, 0.1) is 6.92 Å². The molecule has 1 aromatic carbocycles. The number of rotatable bonds is 6. The van der Waals surface area contributed by atoms with Gasteiger partial charge in [0.2, 0.25) is 0 Å². The fourth-order valence-corrected chi connectivity index (χ4v) is 3.44. The number of carbonyl (C=O) groups is 1. The largest absolute Gasteiger partial charge is 0.494 e. The van der Waals surface area contributed by atoms with Crippen LogP contribution in [0.5, 0.6) is 0 Å². The maximum absolute atomic E-state index is 12.3. The van der Waals surface area contributed by atoms with Crippen LogP contribution in [0.25, 0.3) is 0 Å². The van der Waals surface area contributed by atoms with Crippen LogP contribution in [0.4, 0.5) is 4.79 Å². The number of hydrogen-bond acceptors (Lipinski definition) is 4. The lowest BCUT2D eigenvalue weighted by Crippen LogP contribution is -2.58. The van der Waals surface area contributed by atoms with E-state index in [4.69, 9.17) is 14.0 Å². The molecule has 1 aromatic rings. The van der Waals surface area contributed by atoms with E-state index >= 15 is 0 Å². The third kappa shape index (κ3) is 4.78. The van der Waals surface area contributed by atoms with E-state index in [9.17, 15) is 4.79 Å². The van der Waals surface area contributed by atoms with Crippen molar-refractivity contribution < 1.29 is 18.8 Å². The third-order valence-corrected chi connectivity index (χ3v) is 6.46. The number of aryl methyl sites for hydroxylation is 1. The van der Waals surface area contributed by atoms with E-state index in [-0.39, 0.29) is 36.6 Å². The highest BCUT2D eigenvalue weighted by atomic mass is 16.7. The molecule has 3 rings (SSSR count). The van der Waals surface area contributed by atoms with Crippen molar-refractivity contribution in [2.75, 3.05) is 13.1 Å². The number of benzene rings is 1. The van der Waals surface area contributed by atoms with Gasteiger partial charge >= 0.3 is 13.1 Å². The zero-order chi connectivity index (χ0) is 21.4. The minimum Gasteiger partial charge on any atom is -0.399 e. The zero-order valence-electron chi connectivity index (χ0n) is 18.9. The quantitative estimate of drug-likeness (QED) is 0.744. The Labute approximate surface area is 175 Å². The minimum absolute atomic E-state index is 0.0385. The lowest BCUT2D eigenvalue weighted by atomic mass is 9.78. The van der Waals surface area contributed by atoms with Crippen LogP contribution in [0.3, 0.4) is 0 Å². The van der Waals surface area contributed by atoms with Gasteiger partial charge in [-0.2, -0.15) is 0 Å². The summed E-state index contributed by atoms with van der Waals surface area (Å²) >= 11 is 0. The van der Waals surface area contributed by atoms with Gasteiger partial charge in [0.1, 0.15) is 0 Å². The number of hydrogen-bond donors (Lipinski definition) is 1. The molecule has 1 unspecified atom stereocenters. The van der Waals surface area contributed by atoms with E-state index in [0.717, 1.165) is 23.0 Å². The molecule has 1 atom stereocenters. The molecular weight excluding hydrogens is 367 g/mol. The molecule has 2 fully saturated rings. The lowest BCUT2D eigenvalue weighted by molar-refractivity contribution is -0.0713. The summed E-state index contributed by atoms with van der Waals surface area (Å²) in [6.07, 6.45) is 1.40. The molecule has 2 aliphatic heterocycles. The molecule has 0 aliphatic carbocycles. The van der Waals surface area contributed by atoms with Crippen LogP contribution in [0.1, 0.15) is 59.1 Å². The maximum atomic E-state index is 12.3. The summed E-state index contributed by atoms with van der Waals surface area (Å²) in [5.41, 5.74) is 2.49. The molecule has 0 saturated carbocycles. The van der Waals surface area contributed by atoms with Gasteiger partial charge in [-0.25, -0.2) is 4.79 Å². The van der Waals surface area contributed by atoms with Crippen molar-refractivity contribution in [3.05, 3.63) is 29.3 Å². The van der Waals surface area contributed by atoms with Gasteiger partial charge in [0.15, 0.2) is 0 Å². The predicted molar refractivity (Wildman–Crippen MR) is 115 cm³/mol. The molecule has 2 heterocycles. The Balaban J connectivity index is 1.51. The van der Waals surface area contributed by atoms with Gasteiger partial charge in [0, 0.05) is 6.54 Å². The Morgan fingerprint density at radius 3 is 2.45 bits per heavy atom. The molecule has 0 radical (unpaired) electrons. The lowest BCUT2D eigenvalue weighted by Gasteiger charge is -2.40. The first kappa shape index (κ1) is 22.1. The second-order valence-electron chi connectivity index (χ2n) is 9.31. The average molecular weight is 402 g/mol. The Bertz CT molecular complexity index is 730. The summed E-state index contributed by atoms with van der Waals surface area (Å²) in [5, 5.41) is 3.01. The first-order valence-electron chi connectivity index (χ1n) is 10.7. The number of ether oxygens (including phenoxy) is 1. The second-order valence-corrected chi connectivity index (χ2v) is 9.31. The van der Waals surface area contributed by atoms with Gasteiger partial charge in [-0.1, -0.05) is 25.1 Å². The molecule has 2 saturated heterocycles. The van der Waals surface area contributed by atoms with Crippen molar-refractivity contribution in [1.82, 2.24) is 10.2 Å². The number of carbonyl (C=O) groups excluding carboxylic acids is 1. The zero-order valence-corrected chi connectivity index (χ0v) is 18.9. The highest BCUT2D eigenvalue weighted by Gasteiger charge is 2.51. The molecular formula is C22H35BN2O4. The van der Waals surface area contributed by atoms with Gasteiger partial charge in [-0.05, 0) is 64.6 Å². The first-order valence-corrected chi connectivity index (χ1v) is 10.7. The smallest absolute Gasteiger partial charge is 0.399 e. The molecule has 2 amide bonds. The van der Waals surface area contributed by atoms with Crippen LogP contribution >= 0.6 is 0 Å². The van der Waals surface area contributed by atoms with Crippen LogP contribution in [0.15, 0.2) is 18.2 Å². The summed E-state index contributed by atoms with van der Waals surface area (Å²) in [6, 6.07) is 6.11. The van der Waals surface area contributed by atoms with Gasteiger partial charge in [-0.3, -0.25) is 0 Å². The fraction of sp³-hybridized carbons (Fsp3) is 0.682. The Morgan fingerprint density at radius 1 is 1.28 bits per heavy atom. The van der Waals surface area contributed by atoms with E-state index in [0.29, 0.717) is 19.6 Å². The van der Waals surface area contributed by atoms with Crippen molar-refractivity contribution in [2.24, 2.45) is 0 Å². The van der Waals surface area contributed by atoms with E-state index in [1.165, 1.54) is 0 Å². The summed E-state index contributed by atoms with van der Waals surface area (Å²) < 4.78 is 18.1. The number of urea groups is 1. The standard InChI is InChI=1S/C22H35BN2O4/c1-8-16(3)27-19-13-25(14-19)20(26)24-12-17-9-10-18(11-15(17)2)23-28-21(4,5)22(6,7)29-23/h9-11,16,19H,8,12-14H2,1-7H3,(H,24,26). The number of nitrogens with one attached hydrogen (secondary N) is 1. The van der Waals surface area contributed by atoms with E-state index in [1.807, 2.05) is 12.1 Å². The number of likely N-dealkylation sites (tertiary alicyclic amines) is 1. The Morgan fingerprint density at radius 2 is 1.90 bits per heavy atom. The van der Waals surface area contributed by atoms with Gasteiger partial charge in [0.25, 0.3) is 0 Å². The van der Waals surface area contributed by atoms with E-state index in [2.05, 4.69) is 59.8 Å². The number of nitrogens with zero attached hydrogens (tertiary/aromatic N) is 1. The van der Waals surface area contributed by atoms with E-state index in [1.54, 1.807) is 4.90 Å². The molecule has 29 heavy (non-hydrogen) atoms. The predicted octanol–water partition coefficient (Wildman–Crippen LogP) is 3.00. The summed E-state index contributed by atoms with van der Waals surface area (Å²) in [4.78, 5) is 14.1. The highest BCUT2D eigenvalue weighted by molar-refractivity contribution is 6.62. The average Bonchev–Trinajstić information content (AvgIpc) is 2.83. The minimum atomic E-state index is -0.370. The highest BCUT2D eigenvalue weighted by Crippen LogP contribution is 2.36. The molecule has 2 aliphatic rings. The van der Waals surface area contributed by atoms with Crippen molar-refractivity contribution in [1.29, 1.82) is 0 Å². The Kier molecular flexibility index (Phi) is 6.32. The van der Waals surface area contributed by atoms with Crippen LogP contribution in [0.2, 0.25) is 0 Å². The van der Waals surface area contributed by atoms with Gasteiger partial charge in [0.05, 0.1) is 36.5 Å². The van der Waals surface area contributed by atoms with Crippen LogP contribution < -0.4 is 10.8 Å². The van der Waals surface area contributed by atoms with Crippen molar-refractivity contribution in [3.8, 4) is 0 Å². The topological polar surface area (TPSA) is 60.0 Å². The van der Waals surface area contributed by atoms with Crippen molar-refractivity contribution in [3.63, 3.8) is 0 Å². The molecule has 1 N–H and O–H groups in total. The third-order valence-electron chi connectivity index (χ3n) is 6.46. The first-order chi connectivity index (χ1) is 13.5. The molecule has 0 aromatic heterocycles. The maximum Gasteiger partial charge on any atom is 0.494 e. The summed E-state index contributed by atoms with van der Waals surface area (Å²) in [6.45, 7) is 16.3. The van der Waals surface area contributed by atoms with Crippen molar-refractivity contribution in [2.45, 2.75) is 84.8 Å². The normalized spacial score (nSPS) is 21.8. The summed E-state index contributed by atoms with van der Waals surface area (Å²) in [7, 11) is -0.370. The summed E-state index contributed by atoms with van der Waals surface area (Å²) in [5.74, 6) is 0. The van der Waals surface area contributed by atoms with Gasteiger partial charge < -0.3 is 24.3 Å². The molecule has 7 heteroatoms. The van der Waals surface area contributed by atoms with Crippen LogP contribution in [-0.2, 0) is 20.6 Å². The van der Waals surface area contributed by atoms with E-state index < -0.39 is 0 Å². The molecule has 160 valence electrons. The molecule has 6 nitrogen and oxygen atoms in total. The molecule has 0 spiro atoms. The monoisotopic (exact) mass is 402 g/mol. The van der Waals surface area contributed by atoms with Crippen LogP contribution in [-0.4, -0.2) is 54.5 Å². The fourth-order valence-electron chi connectivity index (χ4n) is 3.44. The second kappa shape index (κ2) is 8.28. The van der Waals surface area contributed by atoms with Crippen molar-refractivity contribution >= 4 is 18.6 Å². The SMILES string of the molecule is CCC(C)OC1CN(C(=O)NCc2ccc(B3OC(C)(C)C(C)(C)O3)cc2C)C1. The number of amides is 2. The molecule has 0 bridgehead atoms. The van der Waals surface area contributed by atoms with Gasteiger partial charge in [-0.15, -0.1) is 0 Å².